The first-order valence-electron chi connectivity index (χ1n) is 5.79. The summed E-state index contributed by atoms with van der Waals surface area (Å²) in [5.74, 6) is -0.446. The SMILES string of the molecule is CCCCOC(=O)Nc1cccc(C(=O)OC)c1. The number of anilines is 1. The molecule has 1 amide bonds. The standard InChI is InChI=1S/C13H17NO4/c1-3-4-8-18-13(16)14-11-7-5-6-10(9-11)12(15)17-2/h5-7,9H,3-4,8H2,1-2H3,(H,14,16). The molecule has 0 aromatic heterocycles. The number of hydrogen-bond donors (Lipinski definition) is 1. The van der Waals surface area contributed by atoms with Gasteiger partial charge in [-0.25, -0.2) is 9.59 Å². The van der Waals surface area contributed by atoms with Crippen LogP contribution in [-0.4, -0.2) is 25.8 Å². The van der Waals surface area contributed by atoms with Gasteiger partial charge in [0.2, 0.25) is 0 Å². The Kier molecular flexibility index (Phi) is 5.70. The average molecular weight is 251 g/mol. The minimum atomic E-state index is -0.523. The van der Waals surface area contributed by atoms with E-state index in [1.165, 1.54) is 13.2 Å². The Hall–Kier alpha value is -2.04. The lowest BCUT2D eigenvalue weighted by Gasteiger charge is -2.07. The maximum atomic E-state index is 11.4. The molecule has 0 radical (unpaired) electrons. The quantitative estimate of drug-likeness (QED) is 0.645. The van der Waals surface area contributed by atoms with Crippen molar-refractivity contribution in [1.82, 2.24) is 0 Å². The highest BCUT2D eigenvalue weighted by Crippen LogP contribution is 2.11. The van der Waals surface area contributed by atoms with Gasteiger partial charge < -0.3 is 9.47 Å². The fourth-order valence-corrected chi connectivity index (χ4v) is 1.30. The lowest BCUT2D eigenvalue weighted by Crippen LogP contribution is -2.14. The van der Waals surface area contributed by atoms with Crippen molar-refractivity contribution in [1.29, 1.82) is 0 Å². The van der Waals surface area contributed by atoms with Crippen molar-refractivity contribution in [3.05, 3.63) is 29.8 Å². The predicted octanol–water partition coefficient (Wildman–Crippen LogP) is 2.82. The van der Waals surface area contributed by atoms with Crippen LogP contribution in [0.25, 0.3) is 0 Å². The van der Waals surface area contributed by atoms with Gasteiger partial charge in [-0.2, -0.15) is 0 Å². The molecule has 18 heavy (non-hydrogen) atoms. The molecule has 0 atom stereocenters. The largest absolute Gasteiger partial charge is 0.465 e. The van der Waals surface area contributed by atoms with E-state index in [1.807, 2.05) is 6.92 Å². The Morgan fingerprint density at radius 2 is 2.11 bits per heavy atom. The Labute approximate surface area is 106 Å². The molecule has 1 rings (SSSR count). The number of methoxy groups -OCH3 is 1. The van der Waals surface area contributed by atoms with Gasteiger partial charge in [0.25, 0.3) is 0 Å². The minimum Gasteiger partial charge on any atom is -0.465 e. The zero-order chi connectivity index (χ0) is 13.4. The molecule has 5 nitrogen and oxygen atoms in total. The maximum Gasteiger partial charge on any atom is 0.411 e. The van der Waals surface area contributed by atoms with E-state index in [4.69, 9.17) is 4.74 Å². The number of ether oxygens (including phenoxy) is 2. The summed E-state index contributed by atoms with van der Waals surface area (Å²) in [5.41, 5.74) is 0.878. The van der Waals surface area contributed by atoms with Gasteiger partial charge in [0.1, 0.15) is 0 Å². The first-order valence-corrected chi connectivity index (χ1v) is 5.79. The molecule has 0 saturated carbocycles. The topological polar surface area (TPSA) is 64.6 Å². The Balaban J connectivity index is 2.56. The van der Waals surface area contributed by atoms with Crippen LogP contribution in [0, 0.1) is 0 Å². The first-order chi connectivity index (χ1) is 8.67. The predicted molar refractivity (Wildman–Crippen MR) is 67.7 cm³/mol. The number of nitrogens with one attached hydrogen (secondary N) is 1. The van der Waals surface area contributed by atoms with Crippen molar-refractivity contribution in [2.24, 2.45) is 0 Å². The van der Waals surface area contributed by atoms with E-state index in [-0.39, 0.29) is 0 Å². The number of carbonyl (C=O) groups is 2. The van der Waals surface area contributed by atoms with Gasteiger partial charge in [0.05, 0.1) is 19.3 Å². The highest BCUT2D eigenvalue weighted by Gasteiger charge is 2.07. The second-order valence-corrected chi connectivity index (χ2v) is 3.69. The summed E-state index contributed by atoms with van der Waals surface area (Å²) in [5, 5.41) is 2.55. The fourth-order valence-electron chi connectivity index (χ4n) is 1.30. The fraction of sp³-hybridized carbons (Fsp3) is 0.385. The van der Waals surface area contributed by atoms with Crippen LogP contribution in [0.3, 0.4) is 0 Å². The van der Waals surface area contributed by atoms with E-state index in [2.05, 4.69) is 10.1 Å². The third-order valence-corrected chi connectivity index (χ3v) is 2.26. The van der Waals surface area contributed by atoms with E-state index < -0.39 is 12.1 Å². The van der Waals surface area contributed by atoms with E-state index in [0.29, 0.717) is 17.9 Å². The molecule has 1 aromatic rings. The number of amides is 1. The monoisotopic (exact) mass is 251 g/mol. The van der Waals surface area contributed by atoms with Gasteiger partial charge in [-0.15, -0.1) is 0 Å². The first kappa shape index (κ1) is 14.0. The normalized spacial score (nSPS) is 9.67. The molecule has 0 aliphatic heterocycles. The molecule has 0 aliphatic rings. The zero-order valence-electron chi connectivity index (χ0n) is 10.6. The maximum absolute atomic E-state index is 11.4. The van der Waals surface area contributed by atoms with Gasteiger partial charge in [-0.05, 0) is 24.6 Å². The van der Waals surface area contributed by atoms with Crippen LogP contribution in [-0.2, 0) is 9.47 Å². The molecular weight excluding hydrogens is 234 g/mol. The molecular formula is C13H17NO4. The van der Waals surface area contributed by atoms with Crippen LogP contribution in [0.15, 0.2) is 24.3 Å². The smallest absolute Gasteiger partial charge is 0.411 e. The number of carbonyl (C=O) groups excluding carboxylic acids is 2. The lowest BCUT2D eigenvalue weighted by molar-refractivity contribution is 0.0600. The van der Waals surface area contributed by atoms with Crippen LogP contribution in [0.1, 0.15) is 30.1 Å². The summed E-state index contributed by atoms with van der Waals surface area (Å²) in [6.07, 6.45) is 1.27. The van der Waals surface area contributed by atoms with Crippen LogP contribution in [0.2, 0.25) is 0 Å². The number of unbranched alkanes of at least 4 members (excludes halogenated alkanes) is 1. The highest BCUT2D eigenvalue weighted by atomic mass is 16.5. The third-order valence-electron chi connectivity index (χ3n) is 2.26. The van der Waals surface area contributed by atoms with Crippen molar-refractivity contribution in [2.45, 2.75) is 19.8 Å². The van der Waals surface area contributed by atoms with Gasteiger partial charge in [-0.1, -0.05) is 19.4 Å². The van der Waals surface area contributed by atoms with E-state index in [1.54, 1.807) is 18.2 Å². The summed E-state index contributed by atoms with van der Waals surface area (Å²) >= 11 is 0. The van der Waals surface area contributed by atoms with Gasteiger partial charge >= 0.3 is 12.1 Å². The van der Waals surface area contributed by atoms with Crippen molar-refractivity contribution >= 4 is 17.7 Å². The molecule has 0 unspecified atom stereocenters. The highest BCUT2D eigenvalue weighted by molar-refractivity contribution is 5.92. The van der Waals surface area contributed by atoms with Crippen LogP contribution >= 0.6 is 0 Å². The molecule has 1 N–H and O–H groups in total. The third kappa shape index (κ3) is 4.45. The van der Waals surface area contributed by atoms with Crippen molar-refractivity contribution in [2.75, 3.05) is 19.0 Å². The van der Waals surface area contributed by atoms with E-state index >= 15 is 0 Å². The number of rotatable bonds is 5. The molecule has 0 aliphatic carbocycles. The molecule has 0 spiro atoms. The van der Waals surface area contributed by atoms with E-state index in [0.717, 1.165) is 12.8 Å². The molecule has 0 fully saturated rings. The summed E-state index contributed by atoms with van der Waals surface area (Å²) in [6.45, 7) is 2.40. The minimum absolute atomic E-state index is 0.379. The molecule has 0 heterocycles. The molecule has 98 valence electrons. The second-order valence-electron chi connectivity index (χ2n) is 3.69. The summed E-state index contributed by atoms with van der Waals surface area (Å²) in [6, 6.07) is 6.48. The summed E-state index contributed by atoms with van der Waals surface area (Å²) in [4.78, 5) is 22.7. The van der Waals surface area contributed by atoms with Crippen LogP contribution in [0.4, 0.5) is 10.5 Å². The summed E-state index contributed by atoms with van der Waals surface area (Å²) < 4.78 is 9.54. The van der Waals surface area contributed by atoms with Crippen LogP contribution in [0.5, 0.6) is 0 Å². The van der Waals surface area contributed by atoms with Crippen LogP contribution < -0.4 is 5.32 Å². The van der Waals surface area contributed by atoms with Crippen molar-refractivity contribution in [3.63, 3.8) is 0 Å². The van der Waals surface area contributed by atoms with Crippen molar-refractivity contribution < 1.29 is 19.1 Å². The number of esters is 1. The molecule has 1 aromatic carbocycles. The summed E-state index contributed by atoms with van der Waals surface area (Å²) in [7, 11) is 1.31. The number of hydrogen-bond acceptors (Lipinski definition) is 4. The van der Waals surface area contributed by atoms with Gasteiger partial charge in [0, 0.05) is 5.69 Å². The Morgan fingerprint density at radius 1 is 1.33 bits per heavy atom. The van der Waals surface area contributed by atoms with Gasteiger partial charge in [0.15, 0.2) is 0 Å². The molecule has 0 bridgehead atoms. The van der Waals surface area contributed by atoms with E-state index in [9.17, 15) is 9.59 Å². The van der Waals surface area contributed by atoms with Gasteiger partial charge in [-0.3, -0.25) is 5.32 Å². The average Bonchev–Trinajstić information content (AvgIpc) is 2.38. The lowest BCUT2D eigenvalue weighted by atomic mass is 10.2. The number of benzene rings is 1. The molecule has 0 saturated heterocycles. The Morgan fingerprint density at radius 3 is 2.78 bits per heavy atom. The molecule has 5 heteroatoms. The van der Waals surface area contributed by atoms with Crippen molar-refractivity contribution in [3.8, 4) is 0 Å². The zero-order valence-corrected chi connectivity index (χ0v) is 10.6. The Bertz CT molecular complexity index is 417. The second kappa shape index (κ2) is 7.32.